The Morgan fingerprint density at radius 1 is 0.864 bits per heavy atom. The summed E-state index contributed by atoms with van der Waals surface area (Å²) in [5.41, 5.74) is 2.04. The molecule has 3 heteroatoms. The lowest BCUT2D eigenvalue weighted by atomic mass is 10.00. The smallest absolute Gasteiger partial charge is 0.274 e. The Bertz CT molecular complexity index is 1020. The number of fused-ring (bicyclic) bond motifs is 2. The third-order valence-corrected chi connectivity index (χ3v) is 4.28. The number of rotatable bonds is 2. The average molecular weight is 288 g/mol. The molecule has 0 saturated heterocycles. The van der Waals surface area contributed by atoms with Crippen LogP contribution in [0.4, 0.5) is 0 Å². The second-order valence-corrected chi connectivity index (χ2v) is 5.58. The molecule has 108 valence electrons. The SMILES string of the molecule is C[C@H](c1cccc2ccccc12)n1[nH]c2ccccc2c1=O. The zero-order chi connectivity index (χ0) is 15.1. The van der Waals surface area contributed by atoms with E-state index in [-0.39, 0.29) is 11.6 Å². The lowest BCUT2D eigenvalue weighted by Crippen LogP contribution is -2.21. The van der Waals surface area contributed by atoms with Crippen molar-refractivity contribution in [2.24, 2.45) is 0 Å². The van der Waals surface area contributed by atoms with Gasteiger partial charge >= 0.3 is 0 Å². The van der Waals surface area contributed by atoms with Crippen LogP contribution < -0.4 is 5.56 Å². The molecule has 1 N–H and O–H groups in total. The number of hydrogen-bond acceptors (Lipinski definition) is 1. The van der Waals surface area contributed by atoms with Gasteiger partial charge in [-0.15, -0.1) is 0 Å². The predicted molar refractivity (Wildman–Crippen MR) is 90.3 cm³/mol. The van der Waals surface area contributed by atoms with Crippen LogP contribution in [0, 0.1) is 0 Å². The minimum Gasteiger partial charge on any atom is -0.294 e. The first-order chi connectivity index (χ1) is 10.8. The van der Waals surface area contributed by atoms with Crippen LogP contribution in [-0.2, 0) is 0 Å². The van der Waals surface area contributed by atoms with Crippen molar-refractivity contribution in [3.8, 4) is 0 Å². The van der Waals surface area contributed by atoms with Crippen molar-refractivity contribution < 1.29 is 0 Å². The largest absolute Gasteiger partial charge is 0.294 e. The Balaban J connectivity index is 1.94. The van der Waals surface area contributed by atoms with Gasteiger partial charge in [0.1, 0.15) is 0 Å². The van der Waals surface area contributed by atoms with Gasteiger partial charge in [0, 0.05) is 0 Å². The quantitative estimate of drug-likeness (QED) is 0.592. The van der Waals surface area contributed by atoms with Gasteiger partial charge in [0.05, 0.1) is 16.9 Å². The molecule has 0 bridgehead atoms. The maximum atomic E-state index is 12.6. The fourth-order valence-corrected chi connectivity index (χ4v) is 3.10. The molecule has 1 atom stereocenters. The Labute approximate surface area is 127 Å². The summed E-state index contributed by atoms with van der Waals surface area (Å²) in [6, 6.07) is 22.1. The second-order valence-electron chi connectivity index (χ2n) is 5.58. The normalized spacial score (nSPS) is 12.8. The second kappa shape index (κ2) is 4.88. The van der Waals surface area contributed by atoms with Gasteiger partial charge in [-0.25, -0.2) is 4.68 Å². The number of benzene rings is 3. The first kappa shape index (κ1) is 12.9. The summed E-state index contributed by atoms with van der Waals surface area (Å²) in [4.78, 5) is 12.6. The van der Waals surface area contributed by atoms with Crippen LogP contribution in [0.25, 0.3) is 21.7 Å². The number of nitrogens with one attached hydrogen (secondary N) is 1. The third kappa shape index (κ3) is 1.86. The van der Waals surface area contributed by atoms with Crippen molar-refractivity contribution >= 4 is 21.7 Å². The van der Waals surface area contributed by atoms with Crippen LogP contribution in [0.15, 0.2) is 71.5 Å². The average Bonchev–Trinajstić information content (AvgIpc) is 2.91. The summed E-state index contributed by atoms with van der Waals surface area (Å²) in [6.45, 7) is 2.05. The van der Waals surface area contributed by atoms with Crippen molar-refractivity contribution in [2.75, 3.05) is 0 Å². The minimum atomic E-state index is -0.0500. The molecule has 0 unspecified atom stereocenters. The van der Waals surface area contributed by atoms with E-state index in [1.807, 2.05) is 42.5 Å². The first-order valence-electron chi connectivity index (χ1n) is 7.42. The van der Waals surface area contributed by atoms with Crippen LogP contribution in [-0.4, -0.2) is 9.78 Å². The molecule has 0 amide bonds. The van der Waals surface area contributed by atoms with Crippen LogP contribution in [0.1, 0.15) is 18.5 Å². The number of para-hydroxylation sites is 1. The molecule has 1 aromatic heterocycles. The fourth-order valence-electron chi connectivity index (χ4n) is 3.10. The highest BCUT2D eigenvalue weighted by Crippen LogP contribution is 2.26. The molecular weight excluding hydrogens is 272 g/mol. The molecule has 0 fully saturated rings. The van der Waals surface area contributed by atoms with Gasteiger partial charge in [-0.1, -0.05) is 54.6 Å². The summed E-state index contributed by atoms with van der Waals surface area (Å²) < 4.78 is 1.71. The van der Waals surface area contributed by atoms with Crippen molar-refractivity contribution in [3.63, 3.8) is 0 Å². The summed E-state index contributed by atoms with van der Waals surface area (Å²) in [6.07, 6.45) is 0. The van der Waals surface area contributed by atoms with Gasteiger partial charge in [-0.05, 0) is 35.4 Å². The van der Waals surface area contributed by atoms with Crippen molar-refractivity contribution in [1.29, 1.82) is 0 Å². The maximum Gasteiger partial charge on any atom is 0.274 e. The van der Waals surface area contributed by atoms with E-state index in [4.69, 9.17) is 0 Å². The van der Waals surface area contributed by atoms with Crippen molar-refractivity contribution in [3.05, 3.63) is 82.6 Å². The fraction of sp³-hybridized carbons (Fsp3) is 0.105. The molecule has 0 aliphatic carbocycles. The number of aromatic amines is 1. The molecule has 0 aliphatic heterocycles. The van der Waals surface area contributed by atoms with E-state index in [1.54, 1.807) is 4.68 Å². The number of hydrogen-bond donors (Lipinski definition) is 1. The van der Waals surface area contributed by atoms with E-state index >= 15 is 0 Å². The zero-order valence-electron chi connectivity index (χ0n) is 12.3. The topological polar surface area (TPSA) is 37.8 Å². The first-order valence-corrected chi connectivity index (χ1v) is 7.42. The Morgan fingerprint density at radius 3 is 2.36 bits per heavy atom. The molecule has 3 aromatic carbocycles. The minimum absolute atomic E-state index is 0.0241. The molecule has 3 nitrogen and oxygen atoms in total. The third-order valence-electron chi connectivity index (χ3n) is 4.28. The lowest BCUT2D eigenvalue weighted by Gasteiger charge is -2.15. The van der Waals surface area contributed by atoms with E-state index in [1.165, 1.54) is 10.8 Å². The van der Waals surface area contributed by atoms with E-state index in [2.05, 4.69) is 36.3 Å². The summed E-state index contributed by atoms with van der Waals surface area (Å²) >= 11 is 0. The monoisotopic (exact) mass is 288 g/mol. The van der Waals surface area contributed by atoms with Crippen LogP contribution >= 0.6 is 0 Å². The maximum absolute atomic E-state index is 12.6. The highest BCUT2D eigenvalue weighted by molar-refractivity contribution is 5.86. The Morgan fingerprint density at radius 2 is 1.55 bits per heavy atom. The highest BCUT2D eigenvalue weighted by atomic mass is 16.1. The Kier molecular flexibility index (Phi) is 2.86. The van der Waals surface area contributed by atoms with Gasteiger partial charge in [-0.2, -0.15) is 0 Å². The molecule has 4 aromatic rings. The van der Waals surface area contributed by atoms with E-state index in [9.17, 15) is 4.79 Å². The van der Waals surface area contributed by atoms with Crippen molar-refractivity contribution in [1.82, 2.24) is 9.78 Å². The molecule has 0 saturated carbocycles. The molecule has 22 heavy (non-hydrogen) atoms. The van der Waals surface area contributed by atoms with E-state index in [0.717, 1.165) is 16.5 Å². The molecule has 0 aliphatic rings. The number of aromatic nitrogens is 2. The van der Waals surface area contributed by atoms with Crippen LogP contribution in [0.2, 0.25) is 0 Å². The predicted octanol–water partition coefficient (Wildman–Crippen LogP) is 4.09. The van der Waals surface area contributed by atoms with Gasteiger partial charge in [-0.3, -0.25) is 9.89 Å². The molecule has 0 spiro atoms. The Hall–Kier alpha value is -2.81. The van der Waals surface area contributed by atoms with Crippen molar-refractivity contribution in [2.45, 2.75) is 13.0 Å². The van der Waals surface area contributed by atoms with E-state index in [0.29, 0.717) is 0 Å². The lowest BCUT2D eigenvalue weighted by molar-refractivity contribution is 0.556. The molecular formula is C19H16N2O. The zero-order valence-corrected chi connectivity index (χ0v) is 12.3. The van der Waals surface area contributed by atoms with Crippen LogP contribution in [0.5, 0.6) is 0 Å². The molecule has 4 rings (SSSR count). The number of H-pyrrole nitrogens is 1. The van der Waals surface area contributed by atoms with Gasteiger partial charge in [0.25, 0.3) is 5.56 Å². The van der Waals surface area contributed by atoms with Gasteiger partial charge in [0.2, 0.25) is 0 Å². The van der Waals surface area contributed by atoms with Crippen LogP contribution in [0.3, 0.4) is 0 Å². The summed E-state index contributed by atoms with van der Waals surface area (Å²) in [5.74, 6) is 0. The van der Waals surface area contributed by atoms with Gasteiger partial charge < -0.3 is 0 Å². The summed E-state index contributed by atoms with van der Waals surface area (Å²) in [7, 11) is 0. The van der Waals surface area contributed by atoms with E-state index < -0.39 is 0 Å². The molecule has 1 heterocycles. The standard InChI is InChI=1S/C19H16N2O/c1-13(15-11-6-8-14-7-2-3-9-16(14)15)21-19(22)17-10-4-5-12-18(17)20-21/h2-13,20H,1H3/t13-/m1/s1. The number of nitrogens with zero attached hydrogens (tertiary/aromatic N) is 1. The summed E-state index contributed by atoms with van der Waals surface area (Å²) in [5, 5.41) is 6.34. The highest BCUT2D eigenvalue weighted by Gasteiger charge is 2.15. The van der Waals surface area contributed by atoms with Gasteiger partial charge in [0.15, 0.2) is 0 Å². The molecule has 0 radical (unpaired) electrons.